The molecule has 4 aromatic heterocycles. The lowest BCUT2D eigenvalue weighted by Gasteiger charge is -2.40. The van der Waals surface area contributed by atoms with E-state index in [4.69, 9.17) is 9.47 Å². The predicted molar refractivity (Wildman–Crippen MR) is 157 cm³/mol. The van der Waals surface area contributed by atoms with Crippen molar-refractivity contribution in [1.82, 2.24) is 29.6 Å². The summed E-state index contributed by atoms with van der Waals surface area (Å²) in [7, 11) is 1.58. The van der Waals surface area contributed by atoms with Crippen molar-refractivity contribution >= 4 is 27.6 Å². The molecule has 1 aromatic carbocycles. The molecule has 0 saturated carbocycles. The average molecular weight is 588 g/mol. The van der Waals surface area contributed by atoms with Gasteiger partial charge in [-0.05, 0) is 43.5 Å². The van der Waals surface area contributed by atoms with Crippen LogP contribution < -0.4 is 19.8 Å². The Bertz CT molecular complexity index is 1890. The number of nitrogens with zero attached hydrogens (tertiary/aromatic N) is 6. The number of benzene rings is 1. The van der Waals surface area contributed by atoms with E-state index in [9.17, 15) is 13.6 Å². The quantitative estimate of drug-likeness (QED) is 0.295. The molecule has 0 aliphatic carbocycles. The molecule has 0 amide bonds. The number of hydrogen-bond acceptors (Lipinski definition) is 8. The third-order valence-corrected chi connectivity index (χ3v) is 8.51. The third-order valence-electron chi connectivity index (χ3n) is 8.51. The molecule has 5 aromatic rings. The van der Waals surface area contributed by atoms with E-state index in [1.54, 1.807) is 25.7 Å². The van der Waals surface area contributed by atoms with Crippen molar-refractivity contribution < 1.29 is 18.3 Å². The molecule has 6 heterocycles. The Morgan fingerprint density at radius 2 is 2.07 bits per heavy atom. The van der Waals surface area contributed by atoms with Crippen LogP contribution in [0.1, 0.15) is 36.9 Å². The van der Waals surface area contributed by atoms with Gasteiger partial charge in [-0.1, -0.05) is 0 Å². The van der Waals surface area contributed by atoms with Crippen molar-refractivity contribution in [3.8, 4) is 11.6 Å². The molecule has 0 radical (unpaired) electrons. The predicted octanol–water partition coefficient (Wildman–Crippen LogP) is 4.58. The Morgan fingerprint density at radius 1 is 1.19 bits per heavy atom. The summed E-state index contributed by atoms with van der Waals surface area (Å²) < 4.78 is 42.0. The highest BCUT2D eigenvalue weighted by atomic mass is 19.2. The maximum absolute atomic E-state index is 14.7. The van der Waals surface area contributed by atoms with Crippen LogP contribution in [-0.2, 0) is 13.1 Å². The minimum atomic E-state index is -1.09. The van der Waals surface area contributed by atoms with Crippen LogP contribution >= 0.6 is 0 Å². The molecule has 2 aliphatic rings. The molecule has 1 unspecified atom stereocenters. The van der Waals surface area contributed by atoms with E-state index >= 15 is 0 Å². The molecule has 1 saturated heterocycles. The van der Waals surface area contributed by atoms with Gasteiger partial charge in [-0.25, -0.2) is 14.4 Å². The number of aromatic nitrogens is 5. The summed E-state index contributed by atoms with van der Waals surface area (Å²) in [6, 6.07) is 6.84. The summed E-state index contributed by atoms with van der Waals surface area (Å²) in [4.78, 5) is 27.2. The van der Waals surface area contributed by atoms with E-state index in [1.807, 2.05) is 29.8 Å². The van der Waals surface area contributed by atoms with Crippen molar-refractivity contribution in [2.75, 3.05) is 31.7 Å². The van der Waals surface area contributed by atoms with E-state index in [2.05, 4.69) is 36.0 Å². The van der Waals surface area contributed by atoms with Gasteiger partial charge in [-0.15, -0.1) is 0 Å². The second kappa shape index (κ2) is 10.9. The van der Waals surface area contributed by atoms with Crippen LogP contribution in [0.5, 0.6) is 11.6 Å². The van der Waals surface area contributed by atoms with Gasteiger partial charge in [0.25, 0.3) is 0 Å². The molecule has 0 bridgehead atoms. The molecule has 10 nitrogen and oxygen atoms in total. The molecule has 1 fully saturated rings. The van der Waals surface area contributed by atoms with Gasteiger partial charge in [0.05, 0.1) is 42.1 Å². The minimum absolute atomic E-state index is 0.0886. The number of pyridine rings is 3. The monoisotopic (exact) mass is 587 g/mol. The van der Waals surface area contributed by atoms with Gasteiger partial charge < -0.3 is 18.9 Å². The lowest BCUT2D eigenvalue weighted by molar-refractivity contribution is 0.157. The summed E-state index contributed by atoms with van der Waals surface area (Å²) in [5, 5.41) is 8.06. The summed E-state index contributed by atoms with van der Waals surface area (Å²) in [5.74, 6) is -1.86. The minimum Gasteiger partial charge on any atom is -0.486 e. The van der Waals surface area contributed by atoms with E-state index in [0.29, 0.717) is 30.0 Å². The summed E-state index contributed by atoms with van der Waals surface area (Å²) in [5.41, 5.74) is 3.22. The number of aromatic amines is 1. The molecule has 0 spiro atoms. The zero-order chi connectivity index (χ0) is 29.7. The number of piperidine rings is 1. The highest BCUT2D eigenvalue weighted by molar-refractivity contribution is 5.86. The molecular weight excluding hydrogens is 556 g/mol. The molecule has 12 heteroatoms. The highest BCUT2D eigenvalue weighted by Crippen LogP contribution is 2.36. The van der Waals surface area contributed by atoms with Crippen molar-refractivity contribution in [2.45, 2.75) is 44.9 Å². The summed E-state index contributed by atoms with van der Waals surface area (Å²) >= 11 is 0. The SMILES string of the molecule is COc1cc(CN(Cc2cn3c4c(c(F)c(F)cc4c2=O)OCC3C)[C@H]2CCCN(c3cnc4[nH]ncc4c3)C2)ccn1. The fourth-order valence-corrected chi connectivity index (χ4v) is 6.28. The first-order valence-electron chi connectivity index (χ1n) is 14.3. The normalized spacial score (nSPS) is 18.4. The Balaban J connectivity index is 1.27. The number of nitrogens with one attached hydrogen (secondary N) is 1. The van der Waals surface area contributed by atoms with Crippen LogP contribution in [0.15, 0.2) is 53.8 Å². The zero-order valence-electron chi connectivity index (χ0n) is 23.9. The molecule has 7 rings (SSSR count). The van der Waals surface area contributed by atoms with Crippen LogP contribution in [0.4, 0.5) is 14.5 Å². The van der Waals surface area contributed by atoms with E-state index < -0.39 is 11.6 Å². The van der Waals surface area contributed by atoms with Crippen molar-refractivity contribution in [3.63, 3.8) is 0 Å². The van der Waals surface area contributed by atoms with Crippen molar-refractivity contribution in [3.05, 3.63) is 82.0 Å². The van der Waals surface area contributed by atoms with Gasteiger partial charge in [-0.3, -0.25) is 14.8 Å². The number of rotatable bonds is 7. The molecule has 2 atom stereocenters. The Hall–Kier alpha value is -4.58. The fourth-order valence-electron chi connectivity index (χ4n) is 6.28. The summed E-state index contributed by atoms with van der Waals surface area (Å²) in [6.07, 6.45) is 9.00. The number of halogens is 2. The second-order valence-electron chi connectivity index (χ2n) is 11.3. The maximum atomic E-state index is 14.7. The number of ether oxygens (including phenoxy) is 2. The Morgan fingerprint density at radius 3 is 2.93 bits per heavy atom. The van der Waals surface area contributed by atoms with Crippen LogP contribution in [-0.4, -0.2) is 62.5 Å². The lowest BCUT2D eigenvalue weighted by atomic mass is 10.0. The average Bonchev–Trinajstić information content (AvgIpc) is 3.50. The van der Waals surface area contributed by atoms with Crippen LogP contribution in [0.25, 0.3) is 21.9 Å². The van der Waals surface area contributed by atoms with Gasteiger partial charge >= 0.3 is 0 Å². The third kappa shape index (κ3) is 4.95. The molecule has 1 N–H and O–H groups in total. The molecule has 2 aliphatic heterocycles. The van der Waals surface area contributed by atoms with Crippen LogP contribution in [0.2, 0.25) is 0 Å². The van der Waals surface area contributed by atoms with Gasteiger partial charge in [0.1, 0.15) is 6.61 Å². The number of fused-ring (bicyclic) bond motifs is 1. The molecule has 43 heavy (non-hydrogen) atoms. The number of methoxy groups -OCH3 is 1. The standard InChI is InChI=1S/C31H31F2N7O3/c1-18-17-43-30-27(33)25(32)10-24-28(30)40(18)15-21(29(24)41)14-39(13-19-5-6-34-26(8-19)42-2)22-4-3-7-38(16-22)23-9-20-11-36-37-31(20)35-12-23/h5-6,8-12,15,18,22H,3-4,7,13-14,16-17H2,1-2H3,(H,35,36,37)/t18?,22-/m0/s1. The number of hydrogen-bond donors (Lipinski definition) is 1. The lowest BCUT2D eigenvalue weighted by Crippen LogP contribution is -2.48. The Kier molecular flexibility index (Phi) is 6.92. The van der Waals surface area contributed by atoms with E-state index in [-0.39, 0.29) is 35.3 Å². The van der Waals surface area contributed by atoms with Crippen LogP contribution in [0, 0.1) is 11.6 Å². The maximum Gasteiger partial charge on any atom is 0.213 e. The smallest absolute Gasteiger partial charge is 0.213 e. The second-order valence-corrected chi connectivity index (χ2v) is 11.3. The number of H-pyrrole nitrogens is 1. The first-order valence-corrected chi connectivity index (χ1v) is 14.3. The van der Waals surface area contributed by atoms with Gasteiger partial charge in [0.15, 0.2) is 22.6 Å². The van der Waals surface area contributed by atoms with Gasteiger partial charge in [0, 0.05) is 61.6 Å². The van der Waals surface area contributed by atoms with Gasteiger partial charge in [-0.2, -0.15) is 9.49 Å². The molecular formula is C31H31F2N7O3. The van der Waals surface area contributed by atoms with Crippen molar-refractivity contribution in [2.24, 2.45) is 0 Å². The summed E-state index contributed by atoms with van der Waals surface area (Å²) in [6.45, 7) is 4.57. The Labute approximate surface area is 245 Å². The van der Waals surface area contributed by atoms with E-state index in [1.165, 1.54) is 0 Å². The molecule has 222 valence electrons. The highest BCUT2D eigenvalue weighted by Gasteiger charge is 2.30. The van der Waals surface area contributed by atoms with Gasteiger partial charge in [0.2, 0.25) is 11.7 Å². The number of anilines is 1. The zero-order valence-corrected chi connectivity index (χ0v) is 23.9. The first-order chi connectivity index (χ1) is 20.9. The van der Waals surface area contributed by atoms with Crippen molar-refractivity contribution in [1.29, 1.82) is 0 Å². The fraction of sp³-hybridized carbons (Fsp3) is 0.355. The van der Waals surface area contributed by atoms with E-state index in [0.717, 1.165) is 54.3 Å². The van der Waals surface area contributed by atoms with Crippen LogP contribution in [0.3, 0.4) is 0 Å². The first kappa shape index (κ1) is 27.3. The largest absolute Gasteiger partial charge is 0.486 e. The topological polar surface area (TPSA) is 101 Å².